The molecule has 0 N–H and O–H groups in total. The molecule has 0 spiro atoms. The third kappa shape index (κ3) is 3.09. The van der Waals surface area contributed by atoms with E-state index in [-0.39, 0.29) is 0 Å². The molecule has 0 saturated heterocycles. The molecule has 0 aromatic carbocycles. The molecule has 1 rings (SSSR count). The zero-order valence-electron chi connectivity index (χ0n) is 9.58. The molecule has 0 aromatic heterocycles. The van der Waals surface area contributed by atoms with Gasteiger partial charge in [-0.1, -0.05) is 13.8 Å². The smallest absolute Gasteiger partial charge is 0.136 e. The Morgan fingerprint density at radius 3 is 2.93 bits per heavy atom. The third-order valence-corrected chi connectivity index (χ3v) is 3.42. The number of methoxy groups -OCH3 is 1. The number of carbonyl (C=O) groups is 1. The van der Waals surface area contributed by atoms with Gasteiger partial charge in [-0.05, 0) is 31.1 Å². The molecule has 0 radical (unpaired) electrons. The molecule has 1 aliphatic rings. The maximum Gasteiger partial charge on any atom is 0.136 e. The van der Waals surface area contributed by atoms with E-state index in [0.717, 1.165) is 38.2 Å². The van der Waals surface area contributed by atoms with Crippen molar-refractivity contribution in [2.75, 3.05) is 13.7 Å². The summed E-state index contributed by atoms with van der Waals surface area (Å²) >= 11 is 0. The van der Waals surface area contributed by atoms with Crippen LogP contribution >= 0.6 is 0 Å². The fourth-order valence-electron chi connectivity index (χ4n) is 2.31. The van der Waals surface area contributed by atoms with Gasteiger partial charge in [0.05, 0.1) is 0 Å². The maximum absolute atomic E-state index is 11.7. The molecule has 82 valence electrons. The number of hydrogen-bond donors (Lipinski definition) is 0. The summed E-state index contributed by atoms with van der Waals surface area (Å²) in [6.45, 7) is 5.21. The Morgan fingerprint density at radius 1 is 1.57 bits per heavy atom. The molecular formula is C12H22O2. The lowest BCUT2D eigenvalue weighted by molar-refractivity contribution is -0.127. The minimum Gasteiger partial charge on any atom is -0.385 e. The van der Waals surface area contributed by atoms with Gasteiger partial charge in [-0.3, -0.25) is 4.79 Å². The van der Waals surface area contributed by atoms with Crippen LogP contribution in [-0.2, 0) is 9.53 Å². The number of ether oxygens (including phenoxy) is 1. The molecule has 1 aliphatic carbocycles. The molecular weight excluding hydrogens is 176 g/mol. The summed E-state index contributed by atoms with van der Waals surface area (Å²) in [6.07, 6.45) is 3.98. The van der Waals surface area contributed by atoms with Crippen molar-refractivity contribution in [2.24, 2.45) is 17.8 Å². The van der Waals surface area contributed by atoms with Gasteiger partial charge >= 0.3 is 0 Å². The minimum absolute atomic E-state index is 0.300. The highest BCUT2D eigenvalue weighted by Crippen LogP contribution is 2.32. The molecule has 2 heteroatoms. The molecule has 1 fully saturated rings. The molecule has 0 bridgehead atoms. The van der Waals surface area contributed by atoms with Crippen molar-refractivity contribution in [1.82, 2.24) is 0 Å². The first-order valence-corrected chi connectivity index (χ1v) is 5.66. The summed E-state index contributed by atoms with van der Waals surface area (Å²) in [4.78, 5) is 11.7. The van der Waals surface area contributed by atoms with E-state index in [1.54, 1.807) is 7.11 Å². The van der Waals surface area contributed by atoms with Crippen molar-refractivity contribution in [3.8, 4) is 0 Å². The Kier molecular flexibility index (Phi) is 4.59. The Labute approximate surface area is 87.0 Å². The summed E-state index contributed by atoms with van der Waals surface area (Å²) in [5.41, 5.74) is 0. The van der Waals surface area contributed by atoms with Gasteiger partial charge in [0, 0.05) is 26.1 Å². The van der Waals surface area contributed by atoms with Crippen molar-refractivity contribution in [3.05, 3.63) is 0 Å². The SMILES string of the molecule is COCCC(C)C1CC(C)CCC1=O. The van der Waals surface area contributed by atoms with Crippen LogP contribution in [0.5, 0.6) is 0 Å². The van der Waals surface area contributed by atoms with Gasteiger partial charge in [-0.15, -0.1) is 0 Å². The molecule has 0 aromatic rings. The van der Waals surface area contributed by atoms with Gasteiger partial charge in [-0.2, -0.15) is 0 Å². The average molecular weight is 198 g/mol. The van der Waals surface area contributed by atoms with Crippen LogP contribution in [0.2, 0.25) is 0 Å². The number of ketones is 1. The highest BCUT2D eigenvalue weighted by molar-refractivity contribution is 5.81. The fraction of sp³-hybridized carbons (Fsp3) is 0.917. The molecule has 0 amide bonds. The largest absolute Gasteiger partial charge is 0.385 e. The normalized spacial score (nSPS) is 30.4. The van der Waals surface area contributed by atoms with Crippen LogP contribution in [-0.4, -0.2) is 19.5 Å². The zero-order valence-corrected chi connectivity index (χ0v) is 9.58. The second kappa shape index (κ2) is 5.50. The lowest BCUT2D eigenvalue weighted by Gasteiger charge is -2.30. The first kappa shape index (κ1) is 11.7. The standard InChI is InChI=1S/C12H22O2/c1-9-4-5-12(13)11(8-9)10(2)6-7-14-3/h9-11H,4-8H2,1-3H3. The Bertz CT molecular complexity index is 189. The summed E-state index contributed by atoms with van der Waals surface area (Å²) in [5, 5.41) is 0. The monoisotopic (exact) mass is 198 g/mol. The highest BCUT2D eigenvalue weighted by atomic mass is 16.5. The lowest BCUT2D eigenvalue weighted by atomic mass is 9.74. The van der Waals surface area contributed by atoms with Crippen molar-refractivity contribution in [2.45, 2.75) is 39.5 Å². The first-order chi connectivity index (χ1) is 6.65. The van der Waals surface area contributed by atoms with E-state index < -0.39 is 0 Å². The van der Waals surface area contributed by atoms with Crippen LogP contribution in [0.15, 0.2) is 0 Å². The van der Waals surface area contributed by atoms with Gasteiger partial charge in [0.2, 0.25) is 0 Å². The topological polar surface area (TPSA) is 26.3 Å². The van der Waals surface area contributed by atoms with Crippen LogP contribution in [0, 0.1) is 17.8 Å². The summed E-state index contributed by atoms with van der Waals surface area (Å²) in [5.74, 6) is 1.99. The van der Waals surface area contributed by atoms with E-state index in [2.05, 4.69) is 13.8 Å². The lowest BCUT2D eigenvalue weighted by Crippen LogP contribution is -2.29. The van der Waals surface area contributed by atoms with Crippen molar-refractivity contribution in [3.63, 3.8) is 0 Å². The molecule has 1 saturated carbocycles. The quantitative estimate of drug-likeness (QED) is 0.694. The summed E-state index contributed by atoms with van der Waals surface area (Å²) < 4.78 is 5.05. The van der Waals surface area contributed by atoms with Crippen LogP contribution in [0.25, 0.3) is 0 Å². The van der Waals surface area contributed by atoms with Gasteiger partial charge in [0.25, 0.3) is 0 Å². The van der Waals surface area contributed by atoms with E-state index in [4.69, 9.17) is 4.74 Å². The van der Waals surface area contributed by atoms with Crippen LogP contribution in [0.1, 0.15) is 39.5 Å². The number of hydrogen-bond acceptors (Lipinski definition) is 2. The van der Waals surface area contributed by atoms with Crippen LogP contribution in [0.4, 0.5) is 0 Å². The average Bonchev–Trinajstić information content (AvgIpc) is 2.18. The van der Waals surface area contributed by atoms with E-state index in [0.29, 0.717) is 17.6 Å². The molecule has 0 aliphatic heterocycles. The molecule has 0 heterocycles. The third-order valence-electron chi connectivity index (χ3n) is 3.42. The van der Waals surface area contributed by atoms with Crippen molar-refractivity contribution >= 4 is 5.78 Å². The number of carbonyl (C=O) groups excluding carboxylic acids is 1. The number of Topliss-reactive ketones (excluding diaryl/α,β-unsaturated/α-hetero) is 1. The van der Waals surface area contributed by atoms with E-state index in [9.17, 15) is 4.79 Å². The molecule has 14 heavy (non-hydrogen) atoms. The second-order valence-corrected chi connectivity index (χ2v) is 4.71. The molecule has 3 atom stereocenters. The summed E-state index contributed by atoms with van der Waals surface area (Å²) in [6, 6.07) is 0. The van der Waals surface area contributed by atoms with E-state index >= 15 is 0 Å². The molecule has 3 unspecified atom stereocenters. The second-order valence-electron chi connectivity index (χ2n) is 4.71. The van der Waals surface area contributed by atoms with Crippen LogP contribution < -0.4 is 0 Å². The van der Waals surface area contributed by atoms with Gasteiger partial charge < -0.3 is 4.74 Å². The zero-order chi connectivity index (χ0) is 10.6. The Balaban J connectivity index is 2.43. The van der Waals surface area contributed by atoms with Crippen LogP contribution in [0.3, 0.4) is 0 Å². The van der Waals surface area contributed by atoms with Gasteiger partial charge in [0.15, 0.2) is 0 Å². The Hall–Kier alpha value is -0.370. The predicted molar refractivity (Wildman–Crippen MR) is 57.2 cm³/mol. The van der Waals surface area contributed by atoms with E-state index in [1.165, 1.54) is 0 Å². The maximum atomic E-state index is 11.7. The van der Waals surface area contributed by atoms with E-state index in [1.807, 2.05) is 0 Å². The van der Waals surface area contributed by atoms with Gasteiger partial charge in [-0.25, -0.2) is 0 Å². The first-order valence-electron chi connectivity index (χ1n) is 5.66. The van der Waals surface area contributed by atoms with Crippen molar-refractivity contribution in [1.29, 1.82) is 0 Å². The fourth-order valence-corrected chi connectivity index (χ4v) is 2.31. The Morgan fingerprint density at radius 2 is 2.29 bits per heavy atom. The highest BCUT2D eigenvalue weighted by Gasteiger charge is 2.30. The summed E-state index contributed by atoms with van der Waals surface area (Å²) in [7, 11) is 1.72. The minimum atomic E-state index is 0.300. The van der Waals surface area contributed by atoms with Crippen molar-refractivity contribution < 1.29 is 9.53 Å². The molecule has 2 nitrogen and oxygen atoms in total. The van der Waals surface area contributed by atoms with Gasteiger partial charge in [0.1, 0.15) is 5.78 Å². The number of rotatable bonds is 4. The predicted octanol–water partition coefficient (Wildman–Crippen LogP) is 2.66.